The maximum absolute atomic E-state index is 13.7. The SMILES string of the molecule is CCO[C@@]1(CN2CCN3CCCC[C@@H]3C2)/C=C/C[C@H](C)[C@@H](C)S(=O)(=O)NC(=O)c2ccc3c(c2)N(CCCCc2cc(Cl)ccc2CO3)C[C@@H]2CC[C@H]21. The Kier molecular flexibility index (Phi) is 12.1. The van der Waals surface area contributed by atoms with Crippen molar-refractivity contribution in [2.75, 3.05) is 57.3 Å². The fourth-order valence-electron chi connectivity index (χ4n) is 9.53. The molecule has 7 rings (SSSR count). The standard InChI is InChI=1S/C42H59ClN4O5S/c1-4-52-42(29-45-22-23-46-20-8-6-12-37(46)27-45)19-9-10-30(2)31(3)53(49,50)44-41(48)33-15-18-40-39(25-33)47(26-34-14-17-38(34)42)21-7-5-11-32-24-36(43)16-13-35(32)28-51-40/h9,13,15-16,18-19,24-25,30-31,34,37-38H,4-8,10-12,14,17,20-23,26-29H2,1-3H3,(H,44,48)/b19-9+/t30-,31+,34-,37+,38+,42+/m0/s1. The number of hydrogen-bond acceptors (Lipinski definition) is 8. The van der Waals surface area contributed by atoms with Gasteiger partial charge >= 0.3 is 0 Å². The number of fused-ring (bicyclic) bond motifs is 4. The number of hydrogen-bond donors (Lipinski definition) is 1. The minimum absolute atomic E-state index is 0.208. The largest absolute Gasteiger partial charge is 0.487 e. The Morgan fingerprint density at radius 1 is 0.962 bits per heavy atom. The highest BCUT2D eigenvalue weighted by molar-refractivity contribution is 7.90. The van der Waals surface area contributed by atoms with Gasteiger partial charge in [0.05, 0.1) is 10.9 Å². The number of anilines is 1. The summed E-state index contributed by atoms with van der Waals surface area (Å²) in [6, 6.07) is 12.0. The van der Waals surface area contributed by atoms with E-state index in [0.717, 1.165) is 87.6 Å². The van der Waals surface area contributed by atoms with Crippen molar-refractivity contribution in [3.05, 3.63) is 70.3 Å². The molecule has 1 N–H and O–H groups in total. The van der Waals surface area contributed by atoms with E-state index in [9.17, 15) is 13.2 Å². The van der Waals surface area contributed by atoms with Crippen LogP contribution in [0, 0.1) is 17.8 Å². The second-order valence-electron chi connectivity index (χ2n) is 16.3. The van der Waals surface area contributed by atoms with Crippen LogP contribution in [0.25, 0.3) is 0 Å². The van der Waals surface area contributed by atoms with Crippen LogP contribution in [0.3, 0.4) is 0 Å². The Bertz CT molecular complexity index is 1750. The lowest BCUT2D eigenvalue weighted by Crippen LogP contribution is -2.61. The van der Waals surface area contributed by atoms with E-state index < -0.39 is 26.8 Å². The number of piperazine rings is 1. The van der Waals surface area contributed by atoms with Crippen molar-refractivity contribution in [3.8, 4) is 5.75 Å². The summed E-state index contributed by atoms with van der Waals surface area (Å²) in [4.78, 5) is 21.4. The van der Waals surface area contributed by atoms with E-state index in [-0.39, 0.29) is 5.92 Å². The lowest BCUT2D eigenvalue weighted by molar-refractivity contribution is -0.116. The minimum atomic E-state index is -3.95. The van der Waals surface area contributed by atoms with Crippen LogP contribution in [0.15, 0.2) is 48.6 Å². The van der Waals surface area contributed by atoms with Crippen molar-refractivity contribution in [1.29, 1.82) is 0 Å². The summed E-state index contributed by atoms with van der Waals surface area (Å²) in [5, 5.41) is -0.0440. The molecule has 1 amide bonds. The average molecular weight is 767 g/mol. The number of ether oxygens (including phenoxy) is 2. The Morgan fingerprint density at radius 3 is 2.62 bits per heavy atom. The van der Waals surface area contributed by atoms with Crippen LogP contribution >= 0.6 is 11.6 Å². The second-order valence-corrected chi connectivity index (χ2v) is 18.8. The molecule has 2 saturated heterocycles. The van der Waals surface area contributed by atoms with Crippen LogP contribution in [-0.2, 0) is 27.8 Å². The van der Waals surface area contributed by atoms with E-state index >= 15 is 0 Å². The van der Waals surface area contributed by atoms with Gasteiger partial charge in [0, 0.05) is 62.5 Å². The van der Waals surface area contributed by atoms with Gasteiger partial charge in [0.2, 0.25) is 10.0 Å². The molecular weight excluding hydrogens is 708 g/mol. The molecule has 2 aromatic rings. The summed E-state index contributed by atoms with van der Waals surface area (Å²) in [5.74, 6) is 0.540. The van der Waals surface area contributed by atoms with E-state index in [1.807, 2.05) is 37.3 Å². The number of halogens is 1. The van der Waals surface area contributed by atoms with Gasteiger partial charge in [-0.15, -0.1) is 0 Å². The van der Waals surface area contributed by atoms with Crippen molar-refractivity contribution in [1.82, 2.24) is 14.5 Å². The van der Waals surface area contributed by atoms with Crippen molar-refractivity contribution in [3.63, 3.8) is 0 Å². The molecule has 0 radical (unpaired) electrons. The number of nitrogens with one attached hydrogen (secondary N) is 1. The zero-order valence-electron chi connectivity index (χ0n) is 31.9. The first-order valence-corrected chi connectivity index (χ1v) is 22.1. The summed E-state index contributed by atoms with van der Waals surface area (Å²) < 4.78 is 43.3. The normalized spacial score (nSPS) is 32.0. The molecule has 0 unspecified atom stereocenters. The highest BCUT2D eigenvalue weighted by Crippen LogP contribution is 2.47. The fraction of sp³-hybridized carbons (Fsp3) is 0.643. The maximum Gasteiger partial charge on any atom is 0.264 e. The lowest BCUT2D eigenvalue weighted by Gasteiger charge is -2.53. The smallest absolute Gasteiger partial charge is 0.264 e. The summed E-state index contributed by atoms with van der Waals surface area (Å²) in [6.07, 6.45) is 14.0. The van der Waals surface area contributed by atoms with Gasteiger partial charge in [-0.2, -0.15) is 0 Å². The van der Waals surface area contributed by atoms with Gasteiger partial charge in [0.25, 0.3) is 5.91 Å². The number of aryl methyl sites for hydroxylation is 1. The molecule has 6 atom stereocenters. The van der Waals surface area contributed by atoms with Crippen LogP contribution in [-0.4, -0.2) is 93.4 Å². The van der Waals surface area contributed by atoms with Gasteiger partial charge in [-0.3, -0.25) is 14.6 Å². The molecule has 4 aliphatic heterocycles. The van der Waals surface area contributed by atoms with E-state index in [4.69, 9.17) is 21.1 Å². The van der Waals surface area contributed by atoms with Crippen LogP contribution < -0.4 is 14.4 Å². The van der Waals surface area contributed by atoms with Gasteiger partial charge in [0.15, 0.2) is 0 Å². The number of carbonyl (C=O) groups is 1. The quantitative estimate of drug-likeness (QED) is 0.331. The van der Waals surface area contributed by atoms with Gasteiger partial charge in [-0.25, -0.2) is 13.1 Å². The molecule has 0 spiro atoms. The first-order chi connectivity index (χ1) is 25.5. The van der Waals surface area contributed by atoms with Gasteiger partial charge < -0.3 is 14.4 Å². The van der Waals surface area contributed by atoms with Crippen LogP contribution in [0.4, 0.5) is 5.69 Å². The summed E-state index contributed by atoms with van der Waals surface area (Å²) in [5.41, 5.74) is 2.95. The molecular formula is C42H59ClN4O5S. The summed E-state index contributed by atoms with van der Waals surface area (Å²) in [6.45, 7) is 13.6. The molecule has 4 heterocycles. The number of amides is 1. The molecule has 53 heavy (non-hydrogen) atoms. The number of sulfonamides is 1. The zero-order chi connectivity index (χ0) is 37.2. The number of rotatable bonds is 4. The predicted molar refractivity (Wildman–Crippen MR) is 212 cm³/mol. The van der Waals surface area contributed by atoms with Crippen LogP contribution in [0.2, 0.25) is 5.02 Å². The average Bonchev–Trinajstić information content (AvgIpc) is 3.15. The zero-order valence-corrected chi connectivity index (χ0v) is 33.5. The second kappa shape index (κ2) is 16.6. The number of nitrogens with zero attached hydrogens (tertiary/aromatic N) is 3. The third-order valence-electron chi connectivity index (χ3n) is 13.0. The molecule has 1 saturated carbocycles. The van der Waals surface area contributed by atoms with E-state index in [1.54, 1.807) is 13.0 Å². The highest BCUT2D eigenvalue weighted by Gasteiger charge is 2.49. The molecule has 290 valence electrons. The molecule has 3 fully saturated rings. The first kappa shape index (κ1) is 38.6. The highest BCUT2D eigenvalue weighted by atomic mass is 35.5. The van der Waals surface area contributed by atoms with Crippen LogP contribution in [0.5, 0.6) is 5.75 Å². The molecule has 9 nitrogen and oxygen atoms in total. The Hall–Kier alpha value is -2.63. The minimum Gasteiger partial charge on any atom is -0.487 e. The Labute approximate surface area is 322 Å². The first-order valence-electron chi connectivity index (χ1n) is 20.2. The third-order valence-corrected chi connectivity index (χ3v) is 15.1. The lowest BCUT2D eigenvalue weighted by atomic mass is 9.63. The third kappa shape index (κ3) is 8.62. The fourth-order valence-corrected chi connectivity index (χ4v) is 11.0. The topological polar surface area (TPSA) is 91.4 Å². The molecule has 11 heteroatoms. The van der Waals surface area contributed by atoms with E-state index in [2.05, 4.69) is 38.5 Å². The van der Waals surface area contributed by atoms with E-state index in [1.165, 1.54) is 31.4 Å². The van der Waals surface area contributed by atoms with Crippen molar-refractivity contribution >= 4 is 33.2 Å². The van der Waals surface area contributed by atoms with Crippen LogP contribution in [0.1, 0.15) is 93.6 Å². The number of carbonyl (C=O) groups excluding carboxylic acids is 1. The molecule has 1 aliphatic carbocycles. The molecule has 0 aromatic heterocycles. The summed E-state index contributed by atoms with van der Waals surface area (Å²) in [7, 11) is -3.95. The van der Waals surface area contributed by atoms with Crippen molar-refractivity contribution in [2.24, 2.45) is 17.8 Å². The van der Waals surface area contributed by atoms with Gasteiger partial charge in [-0.1, -0.05) is 43.2 Å². The van der Waals surface area contributed by atoms with Gasteiger partial charge in [0.1, 0.15) is 18.0 Å². The monoisotopic (exact) mass is 766 g/mol. The van der Waals surface area contributed by atoms with Gasteiger partial charge in [-0.05, 0) is 131 Å². The molecule has 2 bridgehead atoms. The summed E-state index contributed by atoms with van der Waals surface area (Å²) >= 11 is 6.42. The predicted octanol–water partition coefficient (Wildman–Crippen LogP) is 7.08. The maximum atomic E-state index is 13.7. The Balaban J connectivity index is 1.26. The Morgan fingerprint density at radius 2 is 1.81 bits per heavy atom. The van der Waals surface area contributed by atoms with Crippen molar-refractivity contribution < 1.29 is 22.7 Å². The number of benzene rings is 2. The number of piperidine rings is 1. The number of allylic oxidation sites excluding steroid dienone is 1. The van der Waals surface area contributed by atoms with Crippen molar-refractivity contribution in [2.45, 2.75) is 102 Å². The van der Waals surface area contributed by atoms with E-state index in [0.29, 0.717) is 48.8 Å². The molecule has 5 aliphatic rings. The molecule has 2 aromatic carbocycles.